The average molecular weight is 455 g/mol. The number of Topliss-reactive ketones (excluding diaryl/α,β-unsaturated/α-hetero) is 4. The van der Waals surface area contributed by atoms with E-state index in [-0.39, 0.29) is 70.4 Å². The van der Waals surface area contributed by atoms with Crippen molar-refractivity contribution in [3.8, 4) is 0 Å². The van der Waals surface area contributed by atoms with Crippen molar-refractivity contribution in [1.29, 1.82) is 0 Å². The molecule has 0 N–H and O–H groups in total. The first kappa shape index (κ1) is 22.8. The largest absolute Gasteiger partial charge is 0.492 e. The number of rotatable bonds is 4. The van der Waals surface area contributed by atoms with Gasteiger partial charge < -0.3 is 14.2 Å². The summed E-state index contributed by atoms with van der Waals surface area (Å²) in [7, 11) is 2.67. The van der Waals surface area contributed by atoms with Crippen LogP contribution >= 0.6 is 0 Å². The molecule has 0 saturated carbocycles. The van der Waals surface area contributed by atoms with Crippen molar-refractivity contribution in [2.24, 2.45) is 0 Å². The second-order valence-corrected chi connectivity index (χ2v) is 8.44. The summed E-state index contributed by atoms with van der Waals surface area (Å²) in [6, 6.07) is -1.39. The van der Waals surface area contributed by atoms with Gasteiger partial charge in [-0.05, 0) is 26.7 Å². The van der Waals surface area contributed by atoms with Crippen LogP contribution < -0.4 is 0 Å². The molecule has 2 atom stereocenters. The molecule has 33 heavy (non-hydrogen) atoms. The molecule has 0 bridgehead atoms. The van der Waals surface area contributed by atoms with Crippen LogP contribution in [0.15, 0.2) is 45.0 Å². The summed E-state index contributed by atoms with van der Waals surface area (Å²) in [5.74, 6) is -2.01. The van der Waals surface area contributed by atoms with E-state index >= 15 is 0 Å². The van der Waals surface area contributed by atoms with Crippen molar-refractivity contribution < 1.29 is 38.2 Å². The van der Waals surface area contributed by atoms with Gasteiger partial charge in [0, 0.05) is 52.9 Å². The Morgan fingerprint density at radius 3 is 1.97 bits per heavy atom. The van der Waals surface area contributed by atoms with Gasteiger partial charge in [0.2, 0.25) is 11.6 Å². The maximum Gasteiger partial charge on any atom is 0.302 e. The highest BCUT2D eigenvalue weighted by Gasteiger charge is 2.51. The third-order valence-electron chi connectivity index (χ3n) is 6.80. The number of ether oxygens (including phenoxy) is 3. The number of carbonyl (C=O) groups excluding carboxylic acids is 5. The minimum atomic E-state index is -0.757. The van der Waals surface area contributed by atoms with Crippen molar-refractivity contribution in [2.75, 3.05) is 27.4 Å². The summed E-state index contributed by atoms with van der Waals surface area (Å²) in [5, 5.41) is 0. The number of fused-ring (bicyclic) bond motifs is 2. The fourth-order valence-corrected chi connectivity index (χ4v) is 5.30. The highest BCUT2D eigenvalue weighted by molar-refractivity contribution is 6.27. The predicted molar refractivity (Wildman–Crippen MR) is 114 cm³/mol. The number of carbonyl (C=O) groups is 5. The van der Waals surface area contributed by atoms with Crippen LogP contribution in [0.4, 0.5) is 0 Å². The normalized spacial score (nSPS) is 25.8. The standard InChI is InChI=1S/C24H25NO8/c1-10-19(27)13-6-7-25-15(17(13)21(29)23(10)31-4)8-14-18(16(25)9-33-12(3)26)22(30)24(32-5)11(2)20(14)28/h15-16H,6-9H2,1-5H3/t15-,16-/m0/s1. The van der Waals surface area contributed by atoms with Crippen LogP contribution in [-0.2, 0) is 38.2 Å². The Bertz CT molecular complexity index is 1150. The van der Waals surface area contributed by atoms with Crippen LogP contribution in [0.1, 0.15) is 33.6 Å². The molecule has 0 aromatic carbocycles. The van der Waals surface area contributed by atoms with Crippen molar-refractivity contribution in [1.82, 2.24) is 4.90 Å². The lowest BCUT2D eigenvalue weighted by atomic mass is 9.72. The van der Waals surface area contributed by atoms with Gasteiger partial charge in [-0.1, -0.05) is 0 Å². The zero-order valence-corrected chi connectivity index (χ0v) is 19.2. The van der Waals surface area contributed by atoms with E-state index in [1.165, 1.54) is 28.1 Å². The lowest BCUT2D eigenvalue weighted by Gasteiger charge is -2.48. The maximum atomic E-state index is 13.3. The van der Waals surface area contributed by atoms with Crippen LogP contribution in [0.3, 0.4) is 0 Å². The lowest BCUT2D eigenvalue weighted by Crippen LogP contribution is -2.57. The van der Waals surface area contributed by atoms with E-state index in [2.05, 4.69) is 0 Å². The molecule has 4 aliphatic rings. The summed E-state index contributed by atoms with van der Waals surface area (Å²) in [4.78, 5) is 66.3. The van der Waals surface area contributed by atoms with Gasteiger partial charge in [-0.15, -0.1) is 0 Å². The molecule has 0 amide bonds. The molecule has 9 nitrogen and oxygen atoms in total. The smallest absolute Gasteiger partial charge is 0.302 e. The van der Waals surface area contributed by atoms with Crippen LogP contribution in [-0.4, -0.2) is 73.5 Å². The topological polar surface area (TPSA) is 116 Å². The number of nitrogens with zero attached hydrogens (tertiary/aromatic N) is 1. The van der Waals surface area contributed by atoms with E-state index in [0.29, 0.717) is 12.1 Å². The quantitative estimate of drug-likeness (QED) is 0.454. The van der Waals surface area contributed by atoms with Crippen LogP contribution in [0.2, 0.25) is 0 Å². The summed E-state index contributed by atoms with van der Waals surface area (Å²) in [6.45, 7) is 4.52. The van der Waals surface area contributed by atoms with E-state index in [4.69, 9.17) is 14.2 Å². The molecule has 0 aromatic heterocycles. The van der Waals surface area contributed by atoms with E-state index in [9.17, 15) is 24.0 Å². The third kappa shape index (κ3) is 3.30. The molecule has 0 fully saturated rings. The van der Waals surface area contributed by atoms with Gasteiger partial charge in [-0.2, -0.15) is 0 Å². The van der Waals surface area contributed by atoms with E-state index in [0.717, 1.165) is 0 Å². The SMILES string of the molecule is COC1=C(C)C(=O)C2=C(C1=O)[C@H](COC(C)=O)N1CCC3=C(C(=O)C(OC)=C(C)C3=O)[C@@H]1C2. The Morgan fingerprint density at radius 1 is 0.879 bits per heavy atom. The first-order valence-electron chi connectivity index (χ1n) is 10.7. The molecule has 0 aromatic rings. The summed E-state index contributed by atoms with van der Waals surface area (Å²) >= 11 is 0. The first-order valence-corrected chi connectivity index (χ1v) is 10.7. The second-order valence-electron chi connectivity index (χ2n) is 8.44. The molecule has 174 valence electrons. The Morgan fingerprint density at radius 2 is 1.42 bits per heavy atom. The number of esters is 1. The highest BCUT2D eigenvalue weighted by Crippen LogP contribution is 2.44. The zero-order chi connectivity index (χ0) is 24.2. The molecule has 0 spiro atoms. The molecule has 0 unspecified atom stereocenters. The Balaban J connectivity index is 1.86. The van der Waals surface area contributed by atoms with E-state index < -0.39 is 29.6 Å². The Hall–Kier alpha value is -3.33. The number of ketones is 4. The van der Waals surface area contributed by atoms with E-state index in [1.54, 1.807) is 6.92 Å². The first-order chi connectivity index (χ1) is 15.6. The minimum Gasteiger partial charge on any atom is -0.492 e. The second kappa shape index (κ2) is 8.22. The van der Waals surface area contributed by atoms with Gasteiger partial charge >= 0.3 is 5.97 Å². The maximum absolute atomic E-state index is 13.3. The third-order valence-corrected chi connectivity index (χ3v) is 6.80. The van der Waals surface area contributed by atoms with Gasteiger partial charge in [-0.3, -0.25) is 28.9 Å². The number of hydrogen-bond donors (Lipinski definition) is 0. The Labute approximate surface area is 190 Å². The van der Waals surface area contributed by atoms with Gasteiger partial charge in [0.1, 0.15) is 6.61 Å². The predicted octanol–water partition coefficient (Wildman–Crippen LogP) is 1.13. The Kier molecular flexibility index (Phi) is 5.69. The fraction of sp³-hybridized carbons (Fsp3) is 0.458. The van der Waals surface area contributed by atoms with Gasteiger partial charge in [0.25, 0.3) is 0 Å². The molecule has 0 radical (unpaired) electrons. The molecule has 2 heterocycles. The summed E-state index contributed by atoms with van der Waals surface area (Å²) in [6.07, 6.45) is 0.372. The number of allylic oxidation sites excluding steroid dienone is 4. The molecule has 2 aliphatic carbocycles. The van der Waals surface area contributed by atoms with Crippen LogP contribution in [0.5, 0.6) is 0 Å². The van der Waals surface area contributed by atoms with Gasteiger partial charge in [-0.25, -0.2) is 0 Å². The minimum absolute atomic E-state index is 0.0132. The molecule has 9 heteroatoms. The van der Waals surface area contributed by atoms with Gasteiger partial charge in [0.05, 0.1) is 20.3 Å². The van der Waals surface area contributed by atoms with E-state index in [1.807, 2.05) is 4.90 Å². The summed E-state index contributed by atoms with van der Waals surface area (Å²) < 4.78 is 15.7. The molecule has 0 saturated heterocycles. The summed E-state index contributed by atoms with van der Waals surface area (Å²) in [5.41, 5.74) is 1.62. The molecular weight excluding hydrogens is 430 g/mol. The van der Waals surface area contributed by atoms with Gasteiger partial charge in [0.15, 0.2) is 23.1 Å². The zero-order valence-electron chi connectivity index (χ0n) is 19.2. The number of methoxy groups -OCH3 is 2. The molecular formula is C24H25NO8. The lowest BCUT2D eigenvalue weighted by molar-refractivity contribution is -0.143. The fourth-order valence-electron chi connectivity index (χ4n) is 5.30. The van der Waals surface area contributed by atoms with Crippen molar-refractivity contribution in [2.45, 2.75) is 45.7 Å². The van der Waals surface area contributed by atoms with Crippen molar-refractivity contribution in [3.63, 3.8) is 0 Å². The van der Waals surface area contributed by atoms with Crippen LogP contribution in [0, 0.1) is 0 Å². The number of hydrogen-bond acceptors (Lipinski definition) is 9. The highest BCUT2D eigenvalue weighted by atomic mass is 16.5. The van der Waals surface area contributed by atoms with Crippen molar-refractivity contribution in [3.05, 3.63) is 45.0 Å². The molecule has 2 aliphatic heterocycles. The monoisotopic (exact) mass is 455 g/mol. The average Bonchev–Trinajstić information content (AvgIpc) is 2.78. The van der Waals surface area contributed by atoms with Crippen LogP contribution in [0.25, 0.3) is 0 Å². The molecule has 4 rings (SSSR count). The van der Waals surface area contributed by atoms with Crippen molar-refractivity contribution >= 4 is 29.1 Å².